The first-order chi connectivity index (χ1) is 14.0. The van der Waals surface area contributed by atoms with Gasteiger partial charge in [0, 0.05) is 17.6 Å². The van der Waals surface area contributed by atoms with Gasteiger partial charge < -0.3 is 14.2 Å². The first kappa shape index (κ1) is 19.4. The number of nitrogens with zero attached hydrogens (tertiary/aromatic N) is 3. The highest BCUT2D eigenvalue weighted by molar-refractivity contribution is 5.96. The number of pyridine rings is 1. The Labute approximate surface area is 171 Å². The van der Waals surface area contributed by atoms with Crippen LogP contribution in [-0.4, -0.2) is 39.0 Å². The predicted octanol–water partition coefficient (Wildman–Crippen LogP) is 4.48. The third-order valence-electron chi connectivity index (χ3n) is 5.77. The molecule has 0 aliphatic carbocycles. The Balaban J connectivity index is 1.68. The summed E-state index contributed by atoms with van der Waals surface area (Å²) in [7, 11) is 0. The van der Waals surface area contributed by atoms with Gasteiger partial charge in [0.1, 0.15) is 11.9 Å². The minimum atomic E-state index is -0.129. The van der Waals surface area contributed by atoms with Crippen LogP contribution < -0.4 is 0 Å². The van der Waals surface area contributed by atoms with Gasteiger partial charge in [-0.1, -0.05) is 36.4 Å². The Hall–Kier alpha value is -2.92. The van der Waals surface area contributed by atoms with Crippen molar-refractivity contribution in [2.45, 2.75) is 45.9 Å². The van der Waals surface area contributed by atoms with E-state index in [1.54, 1.807) is 6.20 Å². The molecule has 1 aliphatic rings. The van der Waals surface area contributed by atoms with Gasteiger partial charge in [0.15, 0.2) is 0 Å². The van der Waals surface area contributed by atoms with Gasteiger partial charge in [-0.05, 0) is 51.5 Å². The zero-order valence-corrected chi connectivity index (χ0v) is 17.4. The number of amides is 1. The molecule has 3 aromatic rings. The van der Waals surface area contributed by atoms with E-state index in [2.05, 4.69) is 24.0 Å². The molecule has 1 aromatic carbocycles. The summed E-state index contributed by atoms with van der Waals surface area (Å²) in [4.78, 5) is 20.1. The maximum Gasteiger partial charge on any atom is 0.256 e. The van der Waals surface area contributed by atoms with Crippen LogP contribution in [-0.2, 0) is 4.74 Å². The highest BCUT2D eigenvalue weighted by atomic mass is 16.5. The molecule has 4 rings (SSSR count). The number of rotatable bonds is 3. The minimum absolute atomic E-state index is 0.00960. The zero-order chi connectivity index (χ0) is 20.5. The van der Waals surface area contributed by atoms with Crippen LogP contribution in [0.2, 0.25) is 0 Å². The monoisotopic (exact) mass is 389 g/mol. The third-order valence-corrected chi connectivity index (χ3v) is 5.77. The molecular weight excluding hydrogens is 362 g/mol. The van der Waals surface area contributed by atoms with E-state index < -0.39 is 0 Å². The number of carbonyl (C=O) groups excluding carboxylic acids is 1. The van der Waals surface area contributed by atoms with Crippen LogP contribution in [0.15, 0.2) is 60.8 Å². The fourth-order valence-electron chi connectivity index (χ4n) is 4.37. The van der Waals surface area contributed by atoms with Crippen molar-refractivity contribution in [3.8, 4) is 5.82 Å². The van der Waals surface area contributed by atoms with Crippen molar-refractivity contribution in [3.63, 3.8) is 0 Å². The van der Waals surface area contributed by atoms with E-state index in [9.17, 15) is 4.79 Å². The van der Waals surface area contributed by atoms with Crippen LogP contribution in [0, 0.1) is 13.8 Å². The van der Waals surface area contributed by atoms with Crippen LogP contribution in [0.5, 0.6) is 0 Å². The molecule has 0 radical (unpaired) electrons. The summed E-state index contributed by atoms with van der Waals surface area (Å²) < 4.78 is 8.16. The van der Waals surface area contributed by atoms with E-state index in [-0.39, 0.29) is 24.1 Å². The van der Waals surface area contributed by atoms with Crippen LogP contribution in [0.3, 0.4) is 0 Å². The lowest BCUT2D eigenvalue weighted by Crippen LogP contribution is -2.53. The highest BCUT2D eigenvalue weighted by Crippen LogP contribution is 2.33. The van der Waals surface area contributed by atoms with Crippen molar-refractivity contribution >= 4 is 5.91 Å². The number of hydrogen-bond donors (Lipinski definition) is 0. The number of morpholine rings is 1. The van der Waals surface area contributed by atoms with Crippen molar-refractivity contribution < 1.29 is 9.53 Å². The van der Waals surface area contributed by atoms with E-state index in [1.165, 1.54) is 0 Å². The number of aryl methyl sites for hydroxylation is 1. The van der Waals surface area contributed by atoms with Crippen LogP contribution in [0.1, 0.15) is 47.3 Å². The van der Waals surface area contributed by atoms with Gasteiger partial charge in [0.2, 0.25) is 0 Å². The van der Waals surface area contributed by atoms with Gasteiger partial charge >= 0.3 is 0 Å². The van der Waals surface area contributed by atoms with Gasteiger partial charge in [-0.2, -0.15) is 0 Å². The molecule has 0 saturated carbocycles. The van der Waals surface area contributed by atoms with Gasteiger partial charge in [-0.15, -0.1) is 0 Å². The Kier molecular flexibility index (Phi) is 5.24. The molecule has 5 nitrogen and oxygen atoms in total. The van der Waals surface area contributed by atoms with Crippen LogP contribution in [0.4, 0.5) is 0 Å². The molecule has 2 aromatic heterocycles. The van der Waals surface area contributed by atoms with Crippen molar-refractivity contribution in [1.82, 2.24) is 14.5 Å². The Morgan fingerprint density at radius 1 is 1.07 bits per heavy atom. The molecule has 150 valence electrons. The van der Waals surface area contributed by atoms with E-state index in [4.69, 9.17) is 4.74 Å². The number of aromatic nitrogens is 2. The fraction of sp³-hybridized carbons (Fsp3) is 0.333. The summed E-state index contributed by atoms with van der Waals surface area (Å²) in [6, 6.07) is 17.9. The van der Waals surface area contributed by atoms with Crippen molar-refractivity contribution in [2.24, 2.45) is 0 Å². The topological polar surface area (TPSA) is 47.4 Å². The Morgan fingerprint density at radius 3 is 2.48 bits per heavy atom. The van der Waals surface area contributed by atoms with Crippen molar-refractivity contribution in [1.29, 1.82) is 0 Å². The normalized spacial score (nSPS) is 21.9. The lowest BCUT2D eigenvalue weighted by atomic mass is 9.97. The lowest BCUT2D eigenvalue weighted by Gasteiger charge is -2.44. The lowest BCUT2D eigenvalue weighted by molar-refractivity contribution is -0.0806. The summed E-state index contributed by atoms with van der Waals surface area (Å²) in [5.74, 6) is 0.872. The molecular formula is C24H27N3O2. The first-order valence-electron chi connectivity index (χ1n) is 10.1. The zero-order valence-electron chi connectivity index (χ0n) is 17.4. The molecule has 3 unspecified atom stereocenters. The molecule has 1 saturated heterocycles. The molecule has 3 heterocycles. The second-order valence-corrected chi connectivity index (χ2v) is 7.77. The Morgan fingerprint density at radius 2 is 1.79 bits per heavy atom. The van der Waals surface area contributed by atoms with E-state index in [0.717, 1.165) is 28.3 Å². The molecule has 5 heteroatoms. The van der Waals surface area contributed by atoms with Crippen molar-refractivity contribution in [3.05, 3.63) is 83.3 Å². The van der Waals surface area contributed by atoms with E-state index in [1.807, 2.05) is 72.7 Å². The minimum Gasteiger partial charge on any atom is -0.369 e. The van der Waals surface area contributed by atoms with Gasteiger partial charge in [-0.25, -0.2) is 4.98 Å². The SMILES string of the molecule is Cc1cc(C(=O)N2C(C)COC(c3ccccc3)C2C)c(C)n1-c1ccccn1. The van der Waals surface area contributed by atoms with Crippen LogP contribution >= 0.6 is 0 Å². The largest absolute Gasteiger partial charge is 0.369 e. The standard InChI is InChI=1S/C24H27N3O2/c1-16-14-21(18(3)26(16)22-12-8-9-13-25-22)24(28)27-17(2)15-29-23(19(27)4)20-10-6-5-7-11-20/h5-14,17,19,23H,15H2,1-4H3. The maximum atomic E-state index is 13.7. The quantitative estimate of drug-likeness (QED) is 0.664. The molecule has 29 heavy (non-hydrogen) atoms. The summed E-state index contributed by atoms with van der Waals surface area (Å²) in [6.45, 7) is 8.64. The van der Waals surface area contributed by atoms with E-state index in [0.29, 0.717) is 6.61 Å². The number of ether oxygens (including phenoxy) is 1. The smallest absolute Gasteiger partial charge is 0.256 e. The second-order valence-electron chi connectivity index (χ2n) is 7.77. The maximum absolute atomic E-state index is 13.7. The summed E-state index contributed by atoms with van der Waals surface area (Å²) in [6.07, 6.45) is 1.64. The number of carbonyl (C=O) groups is 1. The Bertz CT molecular complexity index is 998. The summed E-state index contributed by atoms with van der Waals surface area (Å²) in [5, 5.41) is 0. The average molecular weight is 389 g/mol. The van der Waals surface area contributed by atoms with Gasteiger partial charge in [-0.3, -0.25) is 4.79 Å². The second kappa shape index (κ2) is 7.84. The van der Waals surface area contributed by atoms with E-state index >= 15 is 0 Å². The molecule has 0 bridgehead atoms. The van der Waals surface area contributed by atoms with Crippen molar-refractivity contribution in [2.75, 3.05) is 6.61 Å². The highest BCUT2D eigenvalue weighted by Gasteiger charge is 2.38. The third kappa shape index (κ3) is 3.47. The summed E-state index contributed by atoms with van der Waals surface area (Å²) >= 11 is 0. The van der Waals surface area contributed by atoms with Gasteiger partial charge in [0.05, 0.1) is 24.3 Å². The molecule has 3 atom stereocenters. The molecule has 0 spiro atoms. The summed E-state index contributed by atoms with van der Waals surface area (Å²) in [5.41, 5.74) is 3.73. The fourth-order valence-corrected chi connectivity index (χ4v) is 4.37. The molecule has 0 N–H and O–H groups in total. The average Bonchev–Trinajstić information content (AvgIpc) is 3.03. The first-order valence-corrected chi connectivity index (χ1v) is 10.1. The number of benzene rings is 1. The molecule has 1 fully saturated rings. The molecule has 1 amide bonds. The molecule has 1 aliphatic heterocycles. The van der Waals surface area contributed by atoms with Gasteiger partial charge in [0.25, 0.3) is 5.91 Å². The van der Waals surface area contributed by atoms with Crippen LogP contribution in [0.25, 0.3) is 5.82 Å². The predicted molar refractivity (Wildman–Crippen MR) is 113 cm³/mol. The number of hydrogen-bond acceptors (Lipinski definition) is 3.